The molecule has 4 heteroatoms. The molecule has 1 atom stereocenters. The van der Waals surface area contributed by atoms with Crippen molar-refractivity contribution in [3.05, 3.63) is 64.9 Å². The number of ether oxygens (including phenoxy) is 2. The maximum atomic E-state index is 5.93. The van der Waals surface area contributed by atoms with Gasteiger partial charge in [0, 0.05) is 44.4 Å². The van der Waals surface area contributed by atoms with Crippen molar-refractivity contribution in [2.45, 2.75) is 19.8 Å². The van der Waals surface area contributed by atoms with E-state index in [1.807, 2.05) is 0 Å². The van der Waals surface area contributed by atoms with Gasteiger partial charge in [-0.1, -0.05) is 48.1 Å². The van der Waals surface area contributed by atoms with Gasteiger partial charge in [0.05, 0.1) is 18.9 Å². The third-order valence-electron chi connectivity index (χ3n) is 5.57. The lowest BCUT2D eigenvalue weighted by molar-refractivity contribution is 0.149. The van der Waals surface area contributed by atoms with Gasteiger partial charge in [0.25, 0.3) is 0 Å². The van der Waals surface area contributed by atoms with Crippen LogP contribution >= 0.6 is 0 Å². The highest BCUT2D eigenvalue weighted by Gasteiger charge is 2.29. The first kappa shape index (κ1) is 20.8. The lowest BCUT2D eigenvalue weighted by atomic mass is 9.86. The molecule has 1 aliphatic carbocycles. The number of fused-ring (bicyclic) bond motifs is 1. The van der Waals surface area contributed by atoms with Crippen LogP contribution in [-0.2, 0) is 9.47 Å². The third kappa shape index (κ3) is 4.75. The van der Waals surface area contributed by atoms with Crippen molar-refractivity contribution in [2.75, 3.05) is 53.6 Å². The first-order valence-electron chi connectivity index (χ1n) is 10.4. The van der Waals surface area contributed by atoms with Crippen molar-refractivity contribution < 1.29 is 9.47 Å². The molecule has 1 fully saturated rings. The summed E-state index contributed by atoms with van der Waals surface area (Å²) in [4.78, 5) is 2.52. The Bertz CT molecular complexity index is 721. The average molecular weight is 383 g/mol. The zero-order valence-corrected chi connectivity index (χ0v) is 17.5. The minimum absolute atomic E-state index is 0.524. The summed E-state index contributed by atoms with van der Waals surface area (Å²) in [5, 5.41) is 3.58. The Hall–Kier alpha value is -1.88. The van der Waals surface area contributed by atoms with Gasteiger partial charge in [-0.2, -0.15) is 0 Å². The van der Waals surface area contributed by atoms with Gasteiger partial charge in [0.1, 0.15) is 0 Å². The Kier molecular flexibility index (Phi) is 7.90. The molecule has 0 aromatic heterocycles. The zero-order chi connectivity index (χ0) is 19.8. The van der Waals surface area contributed by atoms with E-state index in [1.165, 1.54) is 28.8 Å². The summed E-state index contributed by atoms with van der Waals surface area (Å²) in [5.41, 5.74) is 7.15. The fraction of sp³-hybridized carbons (Fsp3) is 0.500. The van der Waals surface area contributed by atoms with Gasteiger partial charge >= 0.3 is 0 Å². The lowest BCUT2D eigenvalue weighted by Gasteiger charge is -2.30. The Morgan fingerprint density at radius 1 is 1.18 bits per heavy atom. The molecular formula is C24H34N2O2. The highest BCUT2D eigenvalue weighted by Crippen LogP contribution is 2.40. The molecule has 4 rings (SSSR count). The van der Waals surface area contributed by atoms with Gasteiger partial charge in [-0.25, -0.2) is 0 Å². The molecule has 0 radical (unpaired) electrons. The largest absolute Gasteiger partial charge is 0.388 e. The molecule has 1 saturated heterocycles. The number of hydrogen-bond acceptors (Lipinski definition) is 4. The second-order valence-corrected chi connectivity index (χ2v) is 7.43. The zero-order valence-electron chi connectivity index (χ0n) is 17.5. The molecule has 0 bridgehead atoms. The molecule has 1 N–H and O–H groups in total. The Morgan fingerprint density at radius 2 is 1.96 bits per heavy atom. The lowest BCUT2D eigenvalue weighted by Crippen LogP contribution is -2.27. The smallest absolute Gasteiger partial charge is 0.0738 e. The second-order valence-electron chi connectivity index (χ2n) is 7.43. The fourth-order valence-electron chi connectivity index (χ4n) is 4.30. The predicted octanol–water partition coefficient (Wildman–Crippen LogP) is 3.88. The summed E-state index contributed by atoms with van der Waals surface area (Å²) in [6, 6.07) is 11.0. The van der Waals surface area contributed by atoms with Crippen LogP contribution in [0.4, 0.5) is 0 Å². The molecule has 1 unspecified atom stereocenters. The number of methoxy groups -OCH3 is 1. The van der Waals surface area contributed by atoms with E-state index in [9.17, 15) is 0 Å². The van der Waals surface area contributed by atoms with E-state index in [-0.39, 0.29) is 0 Å². The van der Waals surface area contributed by atoms with Crippen molar-refractivity contribution in [3.8, 4) is 0 Å². The molecular weight excluding hydrogens is 348 g/mol. The van der Waals surface area contributed by atoms with Crippen LogP contribution in [0, 0.1) is 5.92 Å². The summed E-state index contributed by atoms with van der Waals surface area (Å²) in [6.07, 6.45) is 7.06. The van der Waals surface area contributed by atoms with Crippen LogP contribution in [-0.4, -0.2) is 58.5 Å². The van der Waals surface area contributed by atoms with Crippen LogP contribution in [0.3, 0.4) is 0 Å². The summed E-state index contributed by atoms with van der Waals surface area (Å²) in [5.74, 6) is 0.524. The van der Waals surface area contributed by atoms with Crippen molar-refractivity contribution in [1.29, 1.82) is 0 Å². The minimum atomic E-state index is 0.524. The second kappa shape index (κ2) is 10.6. The first-order chi connectivity index (χ1) is 13.8. The van der Waals surface area contributed by atoms with Crippen LogP contribution < -0.4 is 5.32 Å². The number of hydrogen-bond donors (Lipinski definition) is 1. The summed E-state index contributed by atoms with van der Waals surface area (Å²) >= 11 is 0. The SMILES string of the molecule is CCN1CCOCC2=C1C(c1ccccc1)=C1CCNCCC1C=C2.COC. The van der Waals surface area contributed by atoms with Crippen LogP contribution in [0.2, 0.25) is 0 Å². The number of benzene rings is 1. The van der Waals surface area contributed by atoms with Gasteiger partial charge in [-0.15, -0.1) is 0 Å². The van der Waals surface area contributed by atoms with E-state index in [2.05, 4.69) is 64.4 Å². The molecule has 0 amide bonds. The molecule has 1 aromatic rings. The van der Waals surface area contributed by atoms with Crippen molar-refractivity contribution in [2.24, 2.45) is 5.92 Å². The van der Waals surface area contributed by atoms with Crippen LogP contribution in [0.1, 0.15) is 25.3 Å². The van der Waals surface area contributed by atoms with Crippen molar-refractivity contribution >= 4 is 5.57 Å². The average Bonchev–Trinajstić information content (AvgIpc) is 3.12. The third-order valence-corrected chi connectivity index (χ3v) is 5.57. The molecule has 3 aliphatic rings. The Morgan fingerprint density at radius 3 is 2.71 bits per heavy atom. The monoisotopic (exact) mass is 382 g/mol. The van der Waals surface area contributed by atoms with Gasteiger partial charge in [0.2, 0.25) is 0 Å². The fourth-order valence-corrected chi connectivity index (χ4v) is 4.30. The normalized spacial score (nSPS) is 22.4. The quantitative estimate of drug-likeness (QED) is 0.842. The number of rotatable bonds is 2. The van der Waals surface area contributed by atoms with Crippen LogP contribution in [0.15, 0.2) is 59.3 Å². The van der Waals surface area contributed by atoms with Gasteiger partial charge in [-0.05, 0) is 38.4 Å². The Balaban J connectivity index is 0.000000706. The predicted molar refractivity (Wildman–Crippen MR) is 116 cm³/mol. The maximum absolute atomic E-state index is 5.93. The van der Waals surface area contributed by atoms with E-state index in [0.29, 0.717) is 5.92 Å². The molecule has 4 nitrogen and oxygen atoms in total. The number of nitrogens with one attached hydrogen (secondary N) is 1. The van der Waals surface area contributed by atoms with Crippen molar-refractivity contribution in [1.82, 2.24) is 10.2 Å². The maximum Gasteiger partial charge on any atom is 0.0738 e. The van der Waals surface area contributed by atoms with E-state index in [1.54, 1.807) is 19.8 Å². The topological polar surface area (TPSA) is 33.7 Å². The number of likely N-dealkylation sites (N-methyl/N-ethyl adjacent to an activating group) is 1. The van der Waals surface area contributed by atoms with Crippen LogP contribution in [0.25, 0.3) is 5.57 Å². The van der Waals surface area contributed by atoms with E-state index < -0.39 is 0 Å². The van der Waals surface area contributed by atoms with Gasteiger partial charge in [0.15, 0.2) is 0 Å². The molecule has 0 saturated carbocycles. The van der Waals surface area contributed by atoms with E-state index in [4.69, 9.17) is 4.74 Å². The summed E-state index contributed by atoms with van der Waals surface area (Å²) in [6.45, 7) is 7.93. The van der Waals surface area contributed by atoms with Crippen molar-refractivity contribution in [3.63, 3.8) is 0 Å². The molecule has 2 aliphatic heterocycles. The highest BCUT2D eigenvalue weighted by molar-refractivity contribution is 5.83. The number of nitrogens with zero attached hydrogens (tertiary/aromatic N) is 1. The standard InChI is InChI=1S/C22H28N2O.C2H6O/c1-2-24-14-15-25-16-19-9-8-17-10-12-23-13-11-20(17)21(22(19)24)18-6-4-3-5-7-18;1-3-2/h3-9,17,23H,2,10-16H2,1H3;1-2H3. The molecule has 152 valence electrons. The summed E-state index contributed by atoms with van der Waals surface area (Å²) in [7, 11) is 3.25. The summed E-state index contributed by atoms with van der Waals surface area (Å²) < 4.78 is 10.2. The molecule has 0 spiro atoms. The Labute approximate surface area is 169 Å². The first-order valence-corrected chi connectivity index (χ1v) is 10.4. The highest BCUT2D eigenvalue weighted by atomic mass is 16.5. The molecule has 28 heavy (non-hydrogen) atoms. The number of allylic oxidation sites excluding steroid dienone is 2. The van der Waals surface area contributed by atoms with Gasteiger partial charge < -0.3 is 19.7 Å². The van der Waals surface area contributed by atoms with Gasteiger partial charge in [-0.3, -0.25) is 0 Å². The van der Waals surface area contributed by atoms with E-state index in [0.717, 1.165) is 45.8 Å². The molecule has 1 aromatic carbocycles. The van der Waals surface area contributed by atoms with Crippen LogP contribution in [0.5, 0.6) is 0 Å². The van der Waals surface area contributed by atoms with E-state index >= 15 is 0 Å². The minimum Gasteiger partial charge on any atom is -0.388 e. The molecule has 2 heterocycles.